The lowest BCUT2D eigenvalue weighted by Gasteiger charge is -2.23. The molecule has 1 atom stereocenters. The number of esters is 1. The van der Waals surface area contributed by atoms with E-state index < -0.39 is 0 Å². The highest BCUT2D eigenvalue weighted by Crippen LogP contribution is 2.32. The Hall–Kier alpha value is -2.51. The Morgan fingerprint density at radius 2 is 2.36 bits per heavy atom. The Morgan fingerprint density at radius 3 is 3.05 bits per heavy atom. The first kappa shape index (κ1) is 14.4. The summed E-state index contributed by atoms with van der Waals surface area (Å²) in [6.07, 6.45) is 5.04. The number of carbonyl (C=O) groups is 1. The molecule has 0 spiro atoms. The summed E-state index contributed by atoms with van der Waals surface area (Å²) in [7, 11) is 0. The van der Waals surface area contributed by atoms with Gasteiger partial charge in [-0.2, -0.15) is 5.10 Å². The average molecular weight is 302 g/mol. The first-order chi connectivity index (χ1) is 10.7. The van der Waals surface area contributed by atoms with Gasteiger partial charge in [-0.1, -0.05) is 0 Å². The summed E-state index contributed by atoms with van der Waals surface area (Å²) in [5.41, 5.74) is 1.02. The van der Waals surface area contributed by atoms with Crippen LogP contribution in [0.5, 0.6) is 0 Å². The number of nitrogens with zero attached hydrogens (tertiary/aromatic N) is 5. The van der Waals surface area contributed by atoms with Gasteiger partial charge in [-0.25, -0.2) is 19.7 Å². The highest BCUT2D eigenvalue weighted by atomic mass is 16.5. The zero-order valence-corrected chi connectivity index (χ0v) is 12.6. The number of anilines is 1. The fourth-order valence-corrected chi connectivity index (χ4v) is 2.67. The van der Waals surface area contributed by atoms with Gasteiger partial charge in [0.1, 0.15) is 12.2 Å². The van der Waals surface area contributed by atoms with Crippen molar-refractivity contribution in [2.75, 3.05) is 18.1 Å². The van der Waals surface area contributed by atoms with Crippen LogP contribution in [-0.2, 0) is 4.74 Å². The number of aromatic amines is 1. The van der Waals surface area contributed by atoms with Crippen LogP contribution in [0.4, 0.5) is 5.95 Å². The summed E-state index contributed by atoms with van der Waals surface area (Å²) in [6.45, 7) is 4.74. The predicted molar refractivity (Wildman–Crippen MR) is 78.4 cm³/mol. The first-order valence-electron chi connectivity index (χ1n) is 7.33. The second kappa shape index (κ2) is 6.08. The van der Waals surface area contributed by atoms with E-state index in [4.69, 9.17) is 4.74 Å². The van der Waals surface area contributed by atoms with Crippen molar-refractivity contribution >= 4 is 11.9 Å². The van der Waals surface area contributed by atoms with Crippen molar-refractivity contribution in [2.45, 2.75) is 32.7 Å². The molecule has 0 unspecified atom stereocenters. The molecule has 1 N–H and O–H groups in total. The van der Waals surface area contributed by atoms with E-state index in [-0.39, 0.29) is 12.0 Å². The monoisotopic (exact) mass is 302 g/mol. The van der Waals surface area contributed by atoms with Gasteiger partial charge in [0.25, 0.3) is 0 Å². The average Bonchev–Trinajstić information content (AvgIpc) is 3.18. The van der Waals surface area contributed by atoms with Crippen molar-refractivity contribution in [2.24, 2.45) is 0 Å². The molecule has 0 aromatic carbocycles. The van der Waals surface area contributed by atoms with Crippen molar-refractivity contribution in [1.29, 1.82) is 0 Å². The highest BCUT2D eigenvalue weighted by Gasteiger charge is 2.30. The third kappa shape index (κ3) is 2.63. The van der Waals surface area contributed by atoms with Crippen molar-refractivity contribution in [3.05, 3.63) is 29.6 Å². The number of aromatic nitrogens is 5. The summed E-state index contributed by atoms with van der Waals surface area (Å²) < 4.78 is 5.00. The van der Waals surface area contributed by atoms with E-state index in [2.05, 4.69) is 30.0 Å². The molecule has 8 heteroatoms. The number of ether oxygens (including phenoxy) is 1. The normalized spacial score (nSPS) is 17.7. The lowest BCUT2D eigenvalue weighted by molar-refractivity contribution is 0.0524. The van der Waals surface area contributed by atoms with Gasteiger partial charge in [0, 0.05) is 12.7 Å². The molecule has 0 amide bonds. The molecule has 1 aliphatic rings. The highest BCUT2D eigenvalue weighted by molar-refractivity contribution is 5.90. The second-order valence-electron chi connectivity index (χ2n) is 5.11. The molecule has 0 bridgehead atoms. The molecule has 2 aromatic rings. The van der Waals surface area contributed by atoms with E-state index in [0.717, 1.165) is 25.2 Å². The third-order valence-electron chi connectivity index (χ3n) is 3.72. The van der Waals surface area contributed by atoms with Crippen LogP contribution in [0.2, 0.25) is 0 Å². The second-order valence-corrected chi connectivity index (χ2v) is 5.11. The van der Waals surface area contributed by atoms with E-state index in [0.29, 0.717) is 23.8 Å². The van der Waals surface area contributed by atoms with Gasteiger partial charge >= 0.3 is 5.97 Å². The summed E-state index contributed by atoms with van der Waals surface area (Å²) in [5.74, 6) is 1.03. The summed E-state index contributed by atoms with van der Waals surface area (Å²) >= 11 is 0. The molecule has 116 valence electrons. The molecular weight excluding hydrogens is 284 g/mol. The molecule has 2 aromatic heterocycles. The van der Waals surface area contributed by atoms with Crippen molar-refractivity contribution in [3.8, 4) is 0 Å². The van der Waals surface area contributed by atoms with E-state index in [9.17, 15) is 4.79 Å². The lowest BCUT2D eigenvalue weighted by Crippen LogP contribution is -2.26. The van der Waals surface area contributed by atoms with Crippen LogP contribution in [0.3, 0.4) is 0 Å². The minimum absolute atomic E-state index is 0.0929. The summed E-state index contributed by atoms with van der Waals surface area (Å²) in [5, 5.41) is 6.81. The van der Waals surface area contributed by atoms with Crippen molar-refractivity contribution in [3.63, 3.8) is 0 Å². The van der Waals surface area contributed by atoms with Crippen LogP contribution in [0.15, 0.2) is 12.5 Å². The zero-order valence-electron chi connectivity index (χ0n) is 12.6. The SMILES string of the molecule is CCOC(=O)c1cnc(N2CCC[C@H]2c2ncn[nH]2)nc1C. The van der Waals surface area contributed by atoms with E-state index in [1.807, 2.05) is 0 Å². The molecule has 3 heterocycles. The minimum atomic E-state index is -0.389. The molecule has 3 rings (SSSR count). The van der Waals surface area contributed by atoms with E-state index >= 15 is 0 Å². The zero-order chi connectivity index (χ0) is 15.5. The van der Waals surface area contributed by atoms with Gasteiger partial charge in [0.05, 0.1) is 23.9 Å². The summed E-state index contributed by atoms with van der Waals surface area (Å²) in [6, 6.07) is 0.0929. The number of H-pyrrole nitrogens is 1. The molecular formula is C14H18N6O2. The molecule has 0 radical (unpaired) electrons. The predicted octanol–water partition coefficient (Wildman–Crippen LogP) is 1.42. The fourth-order valence-electron chi connectivity index (χ4n) is 2.67. The number of hydrogen-bond acceptors (Lipinski definition) is 7. The Bertz CT molecular complexity index is 657. The first-order valence-corrected chi connectivity index (χ1v) is 7.33. The van der Waals surface area contributed by atoms with E-state index in [1.54, 1.807) is 13.8 Å². The standard InChI is InChI=1S/C14H18N6O2/c1-3-22-13(21)10-7-15-14(18-9(10)2)20-6-4-5-11(20)12-16-8-17-19-12/h7-8,11H,3-6H2,1-2H3,(H,16,17,19)/t11-/m0/s1. The Kier molecular flexibility index (Phi) is 3.99. The van der Waals surface area contributed by atoms with Crippen LogP contribution < -0.4 is 4.90 Å². The largest absolute Gasteiger partial charge is 0.462 e. The maximum Gasteiger partial charge on any atom is 0.341 e. The number of nitrogens with one attached hydrogen (secondary N) is 1. The van der Waals surface area contributed by atoms with Gasteiger partial charge in [-0.05, 0) is 26.7 Å². The smallest absolute Gasteiger partial charge is 0.341 e. The Labute approximate surface area is 127 Å². The molecule has 1 fully saturated rings. The van der Waals surface area contributed by atoms with Crippen LogP contribution in [0, 0.1) is 6.92 Å². The van der Waals surface area contributed by atoms with Crippen molar-refractivity contribution in [1.82, 2.24) is 25.1 Å². The number of rotatable bonds is 4. The van der Waals surface area contributed by atoms with Crippen LogP contribution in [0.1, 0.15) is 47.7 Å². The molecule has 8 nitrogen and oxygen atoms in total. The fraction of sp³-hybridized carbons (Fsp3) is 0.500. The number of aryl methyl sites for hydroxylation is 1. The van der Waals surface area contributed by atoms with Crippen LogP contribution in [0.25, 0.3) is 0 Å². The van der Waals surface area contributed by atoms with Gasteiger partial charge in [0.2, 0.25) is 5.95 Å². The Morgan fingerprint density at radius 1 is 1.50 bits per heavy atom. The molecule has 1 saturated heterocycles. The maximum atomic E-state index is 11.8. The number of hydrogen-bond donors (Lipinski definition) is 1. The quantitative estimate of drug-likeness (QED) is 0.853. The molecule has 0 aliphatic carbocycles. The summed E-state index contributed by atoms with van der Waals surface area (Å²) in [4.78, 5) is 26.9. The molecule has 0 saturated carbocycles. The topological polar surface area (TPSA) is 96.9 Å². The lowest BCUT2D eigenvalue weighted by atomic mass is 10.2. The Balaban J connectivity index is 1.86. The van der Waals surface area contributed by atoms with Gasteiger partial charge in [-0.3, -0.25) is 5.10 Å². The van der Waals surface area contributed by atoms with Crippen LogP contribution >= 0.6 is 0 Å². The number of carbonyl (C=O) groups excluding carboxylic acids is 1. The minimum Gasteiger partial charge on any atom is -0.462 e. The van der Waals surface area contributed by atoms with Gasteiger partial charge < -0.3 is 9.64 Å². The van der Waals surface area contributed by atoms with Gasteiger partial charge in [-0.15, -0.1) is 0 Å². The maximum absolute atomic E-state index is 11.8. The van der Waals surface area contributed by atoms with E-state index in [1.165, 1.54) is 12.5 Å². The van der Waals surface area contributed by atoms with Crippen molar-refractivity contribution < 1.29 is 9.53 Å². The molecule has 22 heavy (non-hydrogen) atoms. The van der Waals surface area contributed by atoms with Crippen LogP contribution in [-0.4, -0.2) is 44.3 Å². The molecule has 1 aliphatic heterocycles. The van der Waals surface area contributed by atoms with Gasteiger partial charge in [0.15, 0.2) is 0 Å². The third-order valence-corrected chi connectivity index (χ3v) is 3.72.